The lowest BCUT2D eigenvalue weighted by Gasteiger charge is -2.23. The average Bonchev–Trinajstić information content (AvgIpc) is 3.28. The van der Waals surface area contributed by atoms with Gasteiger partial charge < -0.3 is 14.8 Å². The number of carbonyl (C=O) groups excluding carboxylic acids is 2. The van der Waals surface area contributed by atoms with Crippen molar-refractivity contribution in [2.75, 3.05) is 16.9 Å². The number of anilines is 1. The van der Waals surface area contributed by atoms with Crippen LogP contribution in [0.3, 0.4) is 0 Å². The third-order valence-corrected chi connectivity index (χ3v) is 6.40. The van der Waals surface area contributed by atoms with Crippen molar-refractivity contribution in [3.8, 4) is 0 Å². The molecule has 1 N–H and O–H groups in total. The van der Waals surface area contributed by atoms with Crippen LogP contribution in [0.2, 0.25) is 5.02 Å². The number of rotatable bonds is 5. The third-order valence-electron chi connectivity index (χ3n) is 5.02. The molecular formula is C23H20ClN3O3S. The average molecular weight is 454 g/mol. The van der Waals surface area contributed by atoms with Crippen LogP contribution >= 0.6 is 23.4 Å². The first-order valence-corrected chi connectivity index (χ1v) is 11.2. The lowest BCUT2D eigenvalue weighted by Crippen LogP contribution is -2.44. The summed E-state index contributed by atoms with van der Waals surface area (Å²) in [5.74, 6) is 0.522. The summed E-state index contributed by atoms with van der Waals surface area (Å²) < 4.78 is 1.49. The van der Waals surface area contributed by atoms with E-state index in [0.29, 0.717) is 34.4 Å². The highest BCUT2D eigenvalue weighted by atomic mass is 35.5. The molecule has 1 saturated heterocycles. The third kappa shape index (κ3) is 4.84. The summed E-state index contributed by atoms with van der Waals surface area (Å²) in [6, 6.07) is 18.6. The molecule has 0 saturated carbocycles. The van der Waals surface area contributed by atoms with Crippen molar-refractivity contribution >= 4 is 40.9 Å². The van der Waals surface area contributed by atoms with Crippen LogP contribution in [0.25, 0.3) is 0 Å². The molecule has 2 heterocycles. The van der Waals surface area contributed by atoms with Crippen molar-refractivity contribution in [1.82, 2.24) is 9.47 Å². The summed E-state index contributed by atoms with van der Waals surface area (Å²) in [6.45, 7) is 0.292. The van der Waals surface area contributed by atoms with Crippen molar-refractivity contribution in [2.24, 2.45) is 0 Å². The monoisotopic (exact) mass is 453 g/mol. The normalized spacial score (nSPS) is 15.6. The van der Waals surface area contributed by atoms with Gasteiger partial charge in [-0.15, -0.1) is 11.8 Å². The van der Waals surface area contributed by atoms with E-state index in [2.05, 4.69) is 5.32 Å². The number of nitrogens with zero attached hydrogens (tertiary/aromatic N) is 2. The molecule has 0 aliphatic carbocycles. The first kappa shape index (κ1) is 21.2. The second-order valence-electron chi connectivity index (χ2n) is 7.12. The minimum atomic E-state index is -0.582. The van der Waals surface area contributed by atoms with Gasteiger partial charge in [-0.3, -0.25) is 14.4 Å². The zero-order valence-electron chi connectivity index (χ0n) is 16.5. The SMILES string of the molecule is O=C(Nc1ccc(=O)n(Cc2ccccc2Cl)c1)[C@@H]1CSCN1C(=O)c1ccccc1. The first-order chi connectivity index (χ1) is 15.0. The number of nitrogens with one attached hydrogen (secondary N) is 1. The van der Waals surface area contributed by atoms with Gasteiger partial charge in [-0.05, 0) is 29.8 Å². The van der Waals surface area contributed by atoms with E-state index >= 15 is 0 Å². The summed E-state index contributed by atoms with van der Waals surface area (Å²) in [5, 5.41) is 3.42. The molecule has 8 heteroatoms. The molecule has 31 heavy (non-hydrogen) atoms. The van der Waals surface area contributed by atoms with E-state index < -0.39 is 6.04 Å². The van der Waals surface area contributed by atoms with Gasteiger partial charge in [-0.1, -0.05) is 48.0 Å². The molecule has 1 aliphatic heterocycles. The van der Waals surface area contributed by atoms with Crippen LogP contribution in [-0.2, 0) is 11.3 Å². The first-order valence-electron chi connectivity index (χ1n) is 9.71. The molecule has 1 aliphatic rings. The Balaban J connectivity index is 1.50. The Hall–Kier alpha value is -3.03. The summed E-state index contributed by atoms with van der Waals surface area (Å²) in [6.07, 6.45) is 1.59. The maximum absolute atomic E-state index is 12.9. The highest BCUT2D eigenvalue weighted by Gasteiger charge is 2.35. The topological polar surface area (TPSA) is 71.4 Å². The van der Waals surface area contributed by atoms with Crippen LogP contribution in [0.15, 0.2) is 77.7 Å². The Kier molecular flexibility index (Phi) is 6.44. The number of amides is 2. The smallest absolute Gasteiger partial charge is 0.255 e. The molecule has 4 rings (SSSR count). The zero-order valence-corrected chi connectivity index (χ0v) is 18.1. The second kappa shape index (κ2) is 9.41. The zero-order chi connectivity index (χ0) is 21.8. The van der Waals surface area contributed by atoms with Gasteiger partial charge in [0, 0.05) is 28.6 Å². The number of hydrogen-bond donors (Lipinski definition) is 1. The maximum atomic E-state index is 12.9. The quantitative estimate of drug-likeness (QED) is 0.639. The number of thioether (sulfide) groups is 1. The fourth-order valence-electron chi connectivity index (χ4n) is 3.37. The largest absolute Gasteiger partial charge is 0.323 e. The van der Waals surface area contributed by atoms with Gasteiger partial charge in [0.25, 0.3) is 11.5 Å². The molecule has 1 atom stereocenters. The van der Waals surface area contributed by atoms with Crippen LogP contribution < -0.4 is 10.9 Å². The molecule has 1 fully saturated rings. The molecule has 2 aromatic carbocycles. The van der Waals surface area contributed by atoms with E-state index in [1.807, 2.05) is 24.3 Å². The van der Waals surface area contributed by atoms with Crippen molar-refractivity contribution in [2.45, 2.75) is 12.6 Å². The number of halogens is 1. The van der Waals surface area contributed by atoms with Gasteiger partial charge in [0.15, 0.2) is 0 Å². The van der Waals surface area contributed by atoms with Gasteiger partial charge in [0.05, 0.1) is 18.1 Å². The maximum Gasteiger partial charge on any atom is 0.255 e. The van der Waals surface area contributed by atoms with Crippen molar-refractivity contribution in [3.05, 3.63) is 99.4 Å². The van der Waals surface area contributed by atoms with Crippen LogP contribution in [0.5, 0.6) is 0 Å². The molecule has 0 bridgehead atoms. The second-order valence-corrected chi connectivity index (χ2v) is 8.53. The van der Waals surface area contributed by atoms with Crippen molar-refractivity contribution in [3.63, 3.8) is 0 Å². The predicted octanol–water partition coefficient (Wildman–Crippen LogP) is 3.70. The fourth-order valence-corrected chi connectivity index (χ4v) is 4.72. The lowest BCUT2D eigenvalue weighted by atomic mass is 10.1. The number of pyridine rings is 1. The summed E-state index contributed by atoms with van der Waals surface area (Å²) in [4.78, 5) is 39.6. The summed E-state index contributed by atoms with van der Waals surface area (Å²) in [5.41, 5.74) is 1.65. The van der Waals surface area contributed by atoms with E-state index in [1.165, 1.54) is 22.4 Å². The molecule has 3 aromatic rings. The molecule has 0 unspecified atom stereocenters. The summed E-state index contributed by atoms with van der Waals surface area (Å²) >= 11 is 7.74. The van der Waals surface area contributed by atoms with E-state index in [0.717, 1.165) is 5.56 Å². The van der Waals surface area contributed by atoms with Crippen LogP contribution in [0, 0.1) is 0 Å². The lowest BCUT2D eigenvalue weighted by molar-refractivity contribution is -0.119. The fraction of sp³-hybridized carbons (Fsp3) is 0.174. The van der Waals surface area contributed by atoms with Crippen LogP contribution in [-0.4, -0.2) is 39.0 Å². The number of hydrogen-bond acceptors (Lipinski definition) is 4. The summed E-state index contributed by atoms with van der Waals surface area (Å²) in [7, 11) is 0. The number of aromatic nitrogens is 1. The minimum Gasteiger partial charge on any atom is -0.323 e. The van der Waals surface area contributed by atoms with E-state index in [9.17, 15) is 14.4 Å². The van der Waals surface area contributed by atoms with Crippen LogP contribution in [0.1, 0.15) is 15.9 Å². The van der Waals surface area contributed by atoms with E-state index in [4.69, 9.17) is 11.6 Å². The molecule has 6 nitrogen and oxygen atoms in total. The Labute approximate surface area is 188 Å². The Morgan fingerprint density at radius 3 is 2.55 bits per heavy atom. The Morgan fingerprint density at radius 1 is 1.03 bits per heavy atom. The van der Waals surface area contributed by atoms with Gasteiger partial charge in [0.2, 0.25) is 5.91 Å². The molecule has 0 spiro atoms. The van der Waals surface area contributed by atoms with Crippen LogP contribution in [0.4, 0.5) is 5.69 Å². The Morgan fingerprint density at radius 2 is 1.77 bits per heavy atom. The molecule has 0 radical (unpaired) electrons. The van der Waals surface area contributed by atoms with Gasteiger partial charge in [-0.25, -0.2) is 0 Å². The van der Waals surface area contributed by atoms with E-state index in [-0.39, 0.29) is 17.4 Å². The highest BCUT2D eigenvalue weighted by molar-refractivity contribution is 7.99. The van der Waals surface area contributed by atoms with Gasteiger partial charge >= 0.3 is 0 Å². The minimum absolute atomic E-state index is 0.172. The van der Waals surface area contributed by atoms with E-state index in [1.54, 1.807) is 47.5 Å². The molecule has 1 aromatic heterocycles. The predicted molar refractivity (Wildman–Crippen MR) is 124 cm³/mol. The van der Waals surface area contributed by atoms with Gasteiger partial charge in [0.1, 0.15) is 6.04 Å². The molecule has 158 valence electrons. The Bertz CT molecular complexity index is 1170. The molecular weight excluding hydrogens is 434 g/mol. The van der Waals surface area contributed by atoms with Gasteiger partial charge in [-0.2, -0.15) is 0 Å². The number of carbonyl (C=O) groups is 2. The molecule has 2 amide bonds. The standard InChI is InChI=1S/C23H20ClN3O3S/c24-19-9-5-4-8-17(19)12-26-13-18(10-11-21(26)28)25-22(29)20-14-31-15-27(20)23(30)16-6-2-1-3-7-16/h1-11,13,20H,12,14-15H2,(H,25,29)/t20-/m0/s1. The number of benzene rings is 2. The van der Waals surface area contributed by atoms with Crippen molar-refractivity contribution < 1.29 is 9.59 Å². The highest BCUT2D eigenvalue weighted by Crippen LogP contribution is 2.24. The van der Waals surface area contributed by atoms with Crippen molar-refractivity contribution in [1.29, 1.82) is 0 Å².